The van der Waals surface area contributed by atoms with Crippen LogP contribution in [0.3, 0.4) is 0 Å². The Kier molecular flexibility index (Phi) is 3.22. The molecule has 0 bridgehead atoms. The Morgan fingerprint density at radius 3 is 2.68 bits per heavy atom. The fourth-order valence-corrected chi connectivity index (χ4v) is 2.11. The largest absolute Gasteiger partial charge is 0.395 e. The van der Waals surface area contributed by atoms with Crippen molar-refractivity contribution < 1.29 is 20.1 Å². The molecule has 0 unspecified atom stereocenters. The smallest absolute Gasteiger partial charge is 0.352 e. The molecular formula is C10H16N4O5. The van der Waals surface area contributed by atoms with Gasteiger partial charge in [-0.1, -0.05) is 0 Å². The minimum atomic E-state index is -1.58. The molecule has 4 atom stereocenters. The lowest BCUT2D eigenvalue weighted by Gasteiger charge is -2.29. The summed E-state index contributed by atoms with van der Waals surface area (Å²) in [6.07, 6.45) is -2.58. The minimum Gasteiger partial charge on any atom is -0.395 e. The third-order valence-corrected chi connectivity index (χ3v) is 3.29. The van der Waals surface area contributed by atoms with Gasteiger partial charge in [-0.2, -0.15) is 4.98 Å². The van der Waals surface area contributed by atoms with Crippen LogP contribution in [0, 0.1) is 0 Å². The van der Waals surface area contributed by atoms with Crippen molar-refractivity contribution in [2.45, 2.75) is 31.0 Å². The van der Waals surface area contributed by atoms with Crippen LogP contribution in [0.25, 0.3) is 0 Å². The number of ether oxygens (including phenoxy) is 1. The van der Waals surface area contributed by atoms with Crippen LogP contribution in [0.4, 0.5) is 11.5 Å². The average molecular weight is 272 g/mol. The van der Waals surface area contributed by atoms with Gasteiger partial charge >= 0.3 is 5.69 Å². The second kappa shape index (κ2) is 4.46. The van der Waals surface area contributed by atoms with E-state index < -0.39 is 36.3 Å². The molecule has 9 nitrogen and oxygen atoms in total. The van der Waals surface area contributed by atoms with Gasteiger partial charge < -0.3 is 31.5 Å². The Hall–Kier alpha value is -1.68. The number of anilines is 2. The summed E-state index contributed by atoms with van der Waals surface area (Å²) in [7, 11) is 0. The van der Waals surface area contributed by atoms with E-state index in [0.717, 1.165) is 4.57 Å². The first kappa shape index (κ1) is 13.7. The first-order valence-electron chi connectivity index (χ1n) is 5.61. The monoisotopic (exact) mass is 272 g/mol. The molecule has 1 aliphatic rings. The molecule has 1 fully saturated rings. The molecule has 0 aromatic carbocycles. The molecule has 1 saturated heterocycles. The van der Waals surface area contributed by atoms with E-state index >= 15 is 0 Å². The maximum atomic E-state index is 11.8. The molecule has 2 rings (SSSR count). The quantitative estimate of drug-likeness (QED) is 0.386. The second-order valence-corrected chi connectivity index (χ2v) is 4.56. The minimum absolute atomic E-state index is 0.0403. The van der Waals surface area contributed by atoms with Crippen LogP contribution in [0.5, 0.6) is 0 Å². The molecule has 1 aromatic rings. The Bertz CT molecular complexity index is 547. The van der Waals surface area contributed by atoms with E-state index in [0.29, 0.717) is 0 Å². The van der Waals surface area contributed by atoms with Crippen molar-refractivity contribution in [1.29, 1.82) is 0 Å². The van der Waals surface area contributed by atoms with E-state index in [1.165, 1.54) is 13.1 Å². The fraction of sp³-hybridized carbons (Fsp3) is 0.600. The number of hydrogen-bond acceptors (Lipinski definition) is 8. The highest BCUT2D eigenvalue weighted by molar-refractivity contribution is 5.55. The van der Waals surface area contributed by atoms with Crippen LogP contribution in [-0.4, -0.2) is 49.8 Å². The molecule has 0 radical (unpaired) electrons. The zero-order chi connectivity index (χ0) is 14.4. The van der Waals surface area contributed by atoms with Crippen molar-refractivity contribution in [3.63, 3.8) is 0 Å². The highest BCUT2D eigenvalue weighted by Gasteiger charge is 2.52. The highest BCUT2D eigenvalue weighted by Crippen LogP contribution is 2.34. The van der Waals surface area contributed by atoms with Gasteiger partial charge in [0.15, 0.2) is 11.5 Å². The lowest BCUT2D eigenvalue weighted by atomic mass is 10.0. The second-order valence-electron chi connectivity index (χ2n) is 4.56. The van der Waals surface area contributed by atoms with Crippen LogP contribution in [-0.2, 0) is 10.5 Å². The van der Waals surface area contributed by atoms with Crippen LogP contribution < -0.4 is 17.2 Å². The van der Waals surface area contributed by atoms with Gasteiger partial charge in [-0.25, -0.2) is 4.79 Å². The van der Waals surface area contributed by atoms with E-state index in [1.54, 1.807) is 0 Å². The number of aromatic nitrogens is 2. The van der Waals surface area contributed by atoms with E-state index in [4.69, 9.17) is 21.3 Å². The summed E-state index contributed by atoms with van der Waals surface area (Å²) < 4.78 is 6.31. The third-order valence-electron chi connectivity index (χ3n) is 3.29. The number of aliphatic hydroxyl groups excluding tert-OH is 3. The molecule has 1 aromatic heterocycles. The van der Waals surface area contributed by atoms with E-state index in [9.17, 15) is 15.0 Å². The normalized spacial score (nSPS) is 34.6. The maximum Gasteiger partial charge on any atom is 0.352 e. The van der Waals surface area contributed by atoms with E-state index in [-0.39, 0.29) is 11.5 Å². The van der Waals surface area contributed by atoms with Crippen molar-refractivity contribution in [1.82, 2.24) is 9.55 Å². The summed E-state index contributed by atoms with van der Waals surface area (Å²) in [6.45, 7) is 0.885. The Labute approximate surface area is 108 Å². The third kappa shape index (κ3) is 1.96. The zero-order valence-corrected chi connectivity index (χ0v) is 10.2. The first-order chi connectivity index (χ1) is 8.81. The number of nitrogens with zero attached hydrogens (tertiary/aromatic N) is 2. The van der Waals surface area contributed by atoms with Crippen molar-refractivity contribution >= 4 is 11.5 Å². The van der Waals surface area contributed by atoms with Crippen molar-refractivity contribution in [3.8, 4) is 0 Å². The van der Waals surface area contributed by atoms with Gasteiger partial charge in [0.1, 0.15) is 18.3 Å². The van der Waals surface area contributed by atoms with Gasteiger partial charge in [-0.15, -0.1) is 0 Å². The number of nitrogen functional groups attached to an aromatic ring is 2. The summed E-state index contributed by atoms with van der Waals surface area (Å²) >= 11 is 0. The standard InChI is InChI=1S/C10H16N4O5/c1-10(7(17)6(16)5(3-15)19-10)14-2-4(11)8(12)13-9(14)18/h2,5-7,15-17H,3,11H2,1H3,(H2,12,13,18)/t5-,6-,7-,10-/m1/s1. The summed E-state index contributed by atoms with van der Waals surface area (Å²) in [5.74, 6) is -0.128. The lowest BCUT2D eigenvalue weighted by Crippen LogP contribution is -2.48. The number of rotatable bonds is 2. The predicted molar refractivity (Wildman–Crippen MR) is 64.9 cm³/mol. The number of hydrogen-bond donors (Lipinski definition) is 5. The van der Waals surface area contributed by atoms with Gasteiger partial charge in [-0.05, 0) is 6.92 Å². The summed E-state index contributed by atoms with van der Waals surface area (Å²) in [4.78, 5) is 15.3. The van der Waals surface area contributed by atoms with Gasteiger partial charge in [0.05, 0.1) is 12.3 Å². The molecule has 106 valence electrons. The van der Waals surface area contributed by atoms with Gasteiger partial charge in [0.25, 0.3) is 0 Å². The fourth-order valence-electron chi connectivity index (χ4n) is 2.11. The van der Waals surface area contributed by atoms with Crippen molar-refractivity contribution in [2.24, 2.45) is 0 Å². The topological polar surface area (TPSA) is 157 Å². The molecule has 0 saturated carbocycles. The van der Waals surface area contributed by atoms with Gasteiger partial charge in [0, 0.05) is 6.20 Å². The summed E-state index contributed by atoms with van der Waals surface area (Å²) in [6, 6.07) is 0. The predicted octanol–water partition coefficient (Wildman–Crippen LogP) is -2.81. The van der Waals surface area contributed by atoms with Crippen LogP contribution in [0.15, 0.2) is 11.0 Å². The maximum absolute atomic E-state index is 11.8. The van der Waals surface area contributed by atoms with Crippen molar-refractivity contribution in [2.75, 3.05) is 18.1 Å². The van der Waals surface area contributed by atoms with Crippen molar-refractivity contribution in [3.05, 3.63) is 16.7 Å². The average Bonchev–Trinajstić information content (AvgIpc) is 2.59. The summed E-state index contributed by atoms with van der Waals surface area (Å²) in [5.41, 5.74) is 8.65. The highest BCUT2D eigenvalue weighted by atomic mass is 16.6. The lowest BCUT2D eigenvalue weighted by molar-refractivity contribution is -0.136. The first-order valence-corrected chi connectivity index (χ1v) is 5.61. The molecule has 7 N–H and O–H groups in total. The molecule has 9 heteroatoms. The Morgan fingerprint density at radius 2 is 2.16 bits per heavy atom. The molecular weight excluding hydrogens is 256 g/mol. The molecule has 0 spiro atoms. The van der Waals surface area contributed by atoms with E-state index in [2.05, 4.69) is 4.98 Å². The Morgan fingerprint density at radius 1 is 1.53 bits per heavy atom. The Balaban J connectivity index is 2.52. The van der Waals surface area contributed by atoms with Crippen LogP contribution >= 0.6 is 0 Å². The van der Waals surface area contributed by atoms with Crippen LogP contribution in [0.1, 0.15) is 6.92 Å². The summed E-state index contributed by atoms with van der Waals surface area (Å²) in [5, 5.41) is 28.8. The number of aliphatic hydroxyl groups is 3. The van der Waals surface area contributed by atoms with Gasteiger partial charge in [-0.3, -0.25) is 4.57 Å². The molecule has 1 aliphatic heterocycles. The molecule has 2 heterocycles. The number of nitrogens with two attached hydrogens (primary N) is 2. The zero-order valence-electron chi connectivity index (χ0n) is 10.2. The SMILES string of the molecule is C[C@@]1(n2cc(N)c(N)nc2=O)O[C@H](CO)[C@@H](O)[C@H]1O. The van der Waals surface area contributed by atoms with Gasteiger partial charge in [0.2, 0.25) is 0 Å². The molecule has 0 aliphatic carbocycles. The van der Waals surface area contributed by atoms with Crippen LogP contribution in [0.2, 0.25) is 0 Å². The molecule has 0 amide bonds. The molecule has 19 heavy (non-hydrogen) atoms. The van der Waals surface area contributed by atoms with E-state index in [1.807, 2.05) is 0 Å².